The molecular formula is C9H20NO5P. The van der Waals surface area contributed by atoms with E-state index in [9.17, 15) is 9.36 Å². The van der Waals surface area contributed by atoms with E-state index in [4.69, 9.17) is 13.8 Å². The Morgan fingerprint density at radius 2 is 1.62 bits per heavy atom. The van der Waals surface area contributed by atoms with Crippen LogP contribution in [0.5, 0.6) is 0 Å². The average Bonchev–Trinajstić information content (AvgIpc) is 1.99. The van der Waals surface area contributed by atoms with Gasteiger partial charge in [-0.25, -0.2) is 14.4 Å². The molecule has 0 saturated carbocycles. The molecule has 1 amide bonds. The lowest BCUT2D eigenvalue weighted by molar-refractivity contribution is 0.0546. The molecule has 0 rings (SSSR count). The van der Waals surface area contributed by atoms with Crippen LogP contribution in [0.15, 0.2) is 0 Å². The maximum absolute atomic E-state index is 11.9. The van der Waals surface area contributed by atoms with Crippen molar-refractivity contribution in [2.45, 2.75) is 40.2 Å². The number of hydrogen-bond acceptors (Lipinski definition) is 5. The molecule has 0 aliphatic heterocycles. The minimum absolute atomic E-state index is 0.174. The lowest BCUT2D eigenvalue weighted by Gasteiger charge is -2.22. The Kier molecular flexibility index (Phi) is 6.00. The van der Waals surface area contributed by atoms with Gasteiger partial charge in [0.1, 0.15) is 5.60 Å². The first-order valence-electron chi connectivity index (χ1n) is 5.13. The van der Waals surface area contributed by atoms with Crippen molar-refractivity contribution >= 4 is 13.8 Å². The summed E-state index contributed by atoms with van der Waals surface area (Å²) in [6.45, 7) is 8.78. The van der Waals surface area contributed by atoms with E-state index in [0.717, 1.165) is 0 Å². The molecule has 16 heavy (non-hydrogen) atoms. The van der Waals surface area contributed by atoms with Gasteiger partial charge in [0.15, 0.2) is 0 Å². The van der Waals surface area contributed by atoms with Crippen LogP contribution in [-0.2, 0) is 18.3 Å². The standard InChI is InChI=1S/C9H20NO5P/c1-6-13-16(12,14-7-2)10-8(11)15-9(3,4)5/h6-7H2,1-5H3,(H,10,11,12). The molecule has 0 heterocycles. The monoisotopic (exact) mass is 253 g/mol. The van der Waals surface area contributed by atoms with Crippen LogP contribution in [0, 0.1) is 0 Å². The van der Waals surface area contributed by atoms with Crippen LogP contribution in [0.3, 0.4) is 0 Å². The van der Waals surface area contributed by atoms with Crippen molar-refractivity contribution in [1.82, 2.24) is 5.09 Å². The van der Waals surface area contributed by atoms with E-state index in [1.54, 1.807) is 34.6 Å². The zero-order chi connectivity index (χ0) is 12.8. The summed E-state index contributed by atoms with van der Waals surface area (Å²) in [6, 6.07) is 0. The van der Waals surface area contributed by atoms with Crippen molar-refractivity contribution in [3.05, 3.63) is 0 Å². The number of carbonyl (C=O) groups excluding carboxylic acids is 1. The van der Waals surface area contributed by atoms with E-state index < -0.39 is 19.4 Å². The zero-order valence-electron chi connectivity index (χ0n) is 10.4. The highest BCUT2D eigenvalue weighted by atomic mass is 31.2. The third-order valence-corrected chi connectivity index (χ3v) is 2.88. The molecule has 0 fully saturated rings. The molecule has 0 aromatic carbocycles. The van der Waals surface area contributed by atoms with E-state index in [-0.39, 0.29) is 13.2 Å². The Labute approximate surface area is 96.2 Å². The van der Waals surface area contributed by atoms with E-state index in [2.05, 4.69) is 5.09 Å². The number of amides is 1. The molecule has 0 atom stereocenters. The second-order valence-electron chi connectivity index (χ2n) is 3.95. The van der Waals surface area contributed by atoms with Crippen LogP contribution < -0.4 is 5.09 Å². The smallest absolute Gasteiger partial charge is 0.437 e. The van der Waals surface area contributed by atoms with Crippen LogP contribution in [0.2, 0.25) is 0 Å². The summed E-state index contributed by atoms with van der Waals surface area (Å²) < 4.78 is 26.5. The van der Waals surface area contributed by atoms with Crippen molar-refractivity contribution < 1.29 is 23.1 Å². The van der Waals surface area contributed by atoms with Crippen LogP contribution in [0.4, 0.5) is 4.79 Å². The van der Waals surface area contributed by atoms with Gasteiger partial charge in [-0.3, -0.25) is 9.05 Å². The fourth-order valence-corrected chi connectivity index (χ4v) is 2.01. The predicted molar refractivity (Wildman–Crippen MR) is 60.2 cm³/mol. The topological polar surface area (TPSA) is 73.9 Å². The quantitative estimate of drug-likeness (QED) is 0.762. The Bertz CT molecular complexity index is 264. The molecule has 0 unspecified atom stereocenters. The predicted octanol–water partition coefficient (Wildman–Crippen LogP) is 2.69. The normalized spacial score (nSPS) is 12.3. The molecule has 0 bridgehead atoms. The van der Waals surface area contributed by atoms with Crippen LogP contribution in [-0.4, -0.2) is 24.9 Å². The lowest BCUT2D eigenvalue weighted by atomic mass is 10.2. The molecule has 0 aromatic heterocycles. The number of rotatable bonds is 5. The van der Waals surface area contributed by atoms with E-state index in [1.165, 1.54) is 0 Å². The molecule has 0 aromatic rings. The highest BCUT2D eigenvalue weighted by molar-refractivity contribution is 7.52. The Morgan fingerprint density at radius 3 is 1.94 bits per heavy atom. The number of ether oxygens (including phenoxy) is 1. The summed E-state index contributed by atoms with van der Waals surface area (Å²) >= 11 is 0. The summed E-state index contributed by atoms with van der Waals surface area (Å²) in [5, 5.41) is 2.10. The minimum Gasteiger partial charge on any atom is -0.443 e. The van der Waals surface area contributed by atoms with Gasteiger partial charge in [0.25, 0.3) is 0 Å². The summed E-state index contributed by atoms with van der Waals surface area (Å²) in [6.07, 6.45) is -0.822. The summed E-state index contributed by atoms with van der Waals surface area (Å²) in [5.74, 6) is 0. The number of hydrogen-bond donors (Lipinski definition) is 1. The fraction of sp³-hybridized carbons (Fsp3) is 0.889. The molecular weight excluding hydrogens is 233 g/mol. The first-order valence-corrected chi connectivity index (χ1v) is 6.67. The van der Waals surface area contributed by atoms with Gasteiger partial charge >= 0.3 is 13.8 Å². The van der Waals surface area contributed by atoms with Gasteiger partial charge in [0.05, 0.1) is 13.2 Å². The van der Waals surface area contributed by atoms with E-state index >= 15 is 0 Å². The molecule has 0 aliphatic rings. The van der Waals surface area contributed by atoms with Gasteiger partial charge in [-0.2, -0.15) is 0 Å². The van der Waals surface area contributed by atoms with E-state index in [0.29, 0.717) is 0 Å². The Morgan fingerprint density at radius 1 is 1.19 bits per heavy atom. The molecule has 96 valence electrons. The third-order valence-electron chi connectivity index (χ3n) is 1.23. The molecule has 7 heteroatoms. The van der Waals surface area contributed by atoms with Crippen molar-refractivity contribution in [2.24, 2.45) is 0 Å². The van der Waals surface area contributed by atoms with Crippen LogP contribution in [0.25, 0.3) is 0 Å². The van der Waals surface area contributed by atoms with Crippen molar-refractivity contribution in [1.29, 1.82) is 0 Å². The molecule has 0 saturated heterocycles. The van der Waals surface area contributed by atoms with Crippen molar-refractivity contribution in [3.63, 3.8) is 0 Å². The van der Waals surface area contributed by atoms with Crippen molar-refractivity contribution in [3.8, 4) is 0 Å². The SMILES string of the molecule is CCOP(=O)(NC(=O)OC(C)(C)C)OCC. The maximum Gasteiger partial charge on any atom is 0.437 e. The largest absolute Gasteiger partial charge is 0.443 e. The lowest BCUT2D eigenvalue weighted by Crippen LogP contribution is -2.31. The van der Waals surface area contributed by atoms with Gasteiger partial charge in [-0.1, -0.05) is 0 Å². The van der Waals surface area contributed by atoms with Crippen LogP contribution >= 0.6 is 7.75 Å². The highest BCUT2D eigenvalue weighted by Gasteiger charge is 2.29. The summed E-state index contributed by atoms with van der Waals surface area (Å²) in [4.78, 5) is 11.4. The molecule has 1 N–H and O–H groups in total. The summed E-state index contributed by atoms with van der Waals surface area (Å²) in [5.41, 5.74) is -0.659. The van der Waals surface area contributed by atoms with Gasteiger partial charge in [0.2, 0.25) is 0 Å². The van der Waals surface area contributed by atoms with Gasteiger partial charge in [0, 0.05) is 0 Å². The third kappa shape index (κ3) is 6.82. The molecule has 6 nitrogen and oxygen atoms in total. The average molecular weight is 253 g/mol. The van der Waals surface area contributed by atoms with Gasteiger partial charge in [-0.15, -0.1) is 0 Å². The maximum atomic E-state index is 11.9. The second-order valence-corrected chi connectivity index (χ2v) is 5.68. The van der Waals surface area contributed by atoms with Gasteiger partial charge < -0.3 is 4.74 Å². The van der Waals surface area contributed by atoms with Gasteiger partial charge in [-0.05, 0) is 34.6 Å². The highest BCUT2D eigenvalue weighted by Crippen LogP contribution is 2.43. The first-order chi connectivity index (χ1) is 7.22. The summed E-state index contributed by atoms with van der Waals surface area (Å²) in [7, 11) is -3.59. The Hall–Kier alpha value is -0.580. The second kappa shape index (κ2) is 6.23. The molecule has 0 spiro atoms. The minimum atomic E-state index is -3.59. The molecule has 0 aliphatic carbocycles. The van der Waals surface area contributed by atoms with Crippen molar-refractivity contribution in [2.75, 3.05) is 13.2 Å². The van der Waals surface area contributed by atoms with E-state index in [1.807, 2.05) is 0 Å². The fourth-order valence-electron chi connectivity index (χ4n) is 0.854. The first kappa shape index (κ1) is 15.4. The van der Waals surface area contributed by atoms with Crippen LogP contribution in [0.1, 0.15) is 34.6 Å². The number of nitrogens with one attached hydrogen (secondary N) is 1. The molecule has 0 radical (unpaired) electrons. The zero-order valence-corrected chi connectivity index (χ0v) is 11.3. The Balaban J connectivity index is 4.41. The number of carbonyl (C=O) groups is 1.